The number of rotatable bonds is 10. The van der Waals surface area contributed by atoms with Crippen molar-refractivity contribution in [1.82, 2.24) is 19.7 Å². The Labute approximate surface area is 169 Å². The maximum atomic E-state index is 5.43. The summed E-state index contributed by atoms with van der Waals surface area (Å²) in [4.78, 5) is 4.17. The van der Waals surface area contributed by atoms with Crippen LogP contribution in [0.2, 0.25) is 0 Å². The van der Waals surface area contributed by atoms with Crippen LogP contribution in [0.15, 0.2) is 47.9 Å². The van der Waals surface area contributed by atoms with Crippen LogP contribution in [-0.4, -0.2) is 47.7 Å². The number of thioether (sulfide) groups is 1. The molecule has 2 heterocycles. The zero-order valence-electron chi connectivity index (χ0n) is 16.3. The molecule has 0 unspecified atom stereocenters. The van der Waals surface area contributed by atoms with Crippen molar-refractivity contribution in [1.29, 1.82) is 0 Å². The van der Waals surface area contributed by atoms with Gasteiger partial charge in [-0.1, -0.05) is 17.8 Å². The first-order valence-corrected chi connectivity index (χ1v) is 9.91. The van der Waals surface area contributed by atoms with E-state index in [4.69, 9.17) is 14.2 Å². The molecule has 0 aliphatic heterocycles. The van der Waals surface area contributed by atoms with Crippen molar-refractivity contribution < 1.29 is 14.2 Å². The number of nitrogens with zero attached hydrogens (tertiary/aromatic N) is 4. The molecule has 3 aromatic rings. The van der Waals surface area contributed by atoms with Crippen molar-refractivity contribution in [2.45, 2.75) is 23.9 Å². The number of pyridine rings is 1. The summed E-state index contributed by atoms with van der Waals surface area (Å²) < 4.78 is 18.1. The molecule has 0 radical (unpaired) electrons. The molecule has 0 atom stereocenters. The molecule has 0 aliphatic rings. The highest BCUT2D eigenvalue weighted by molar-refractivity contribution is 7.98. The molecule has 1 aromatic carbocycles. The Morgan fingerprint density at radius 2 is 1.89 bits per heavy atom. The van der Waals surface area contributed by atoms with E-state index in [1.807, 2.05) is 30.5 Å². The summed E-state index contributed by atoms with van der Waals surface area (Å²) in [6.45, 7) is 1.44. The van der Waals surface area contributed by atoms with Gasteiger partial charge >= 0.3 is 0 Å². The fourth-order valence-electron chi connectivity index (χ4n) is 2.78. The van der Waals surface area contributed by atoms with E-state index in [-0.39, 0.29) is 0 Å². The zero-order chi connectivity index (χ0) is 19.8. The highest BCUT2D eigenvalue weighted by atomic mass is 32.2. The molecule has 8 heteroatoms. The van der Waals surface area contributed by atoms with E-state index < -0.39 is 0 Å². The Kier molecular flexibility index (Phi) is 7.27. The van der Waals surface area contributed by atoms with Crippen LogP contribution in [0.4, 0.5) is 0 Å². The number of benzene rings is 1. The standard InChI is InChI=1S/C20H24N4O3S/c1-25-11-5-10-24-19(16-7-8-17(26-2)18(12-16)27-3)22-23-20(24)28-14-15-6-4-9-21-13-15/h4,6-9,12-13H,5,10-11,14H2,1-3H3. The minimum Gasteiger partial charge on any atom is -0.493 e. The van der Waals surface area contributed by atoms with E-state index in [1.165, 1.54) is 0 Å². The molecule has 0 bridgehead atoms. The van der Waals surface area contributed by atoms with Gasteiger partial charge in [0.15, 0.2) is 22.5 Å². The van der Waals surface area contributed by atoms with E-state index in [1.54, 1.807) is 39.3 Å². The van der Waals surface area contributed by atoms with Crippen LogP contribution in [0.5, 0.6) is 11.5 Å². The molecule has 0 N–H and O–H groups in total. The van der Waals surface area contributed by atoms with E-state index in [2.05, 4.69) is 25.8 Å². The third-order valence-electron chi connectivity index (χ3n) is 4.18. The second-order valence-electron chi connectivity index (χ2n) is 6.02. The normalized spacial score (nSPS) is 10.8. The second kappa shape index (κ2) is 10.1. The van der Waals surface area contributed by atoms with Crippen molar-refractivity contribution in [3.63, 3.8) is 0 Å². The fourth-order valence-corrected chi connectivity index (χ4v) is 3.68. The summed E-state index contributed by atoms with van der Waals surface area (Å²) in [6, 6.07) is 9.76. The first-order valence-electron chi connectivity index (χ1n) is 8.93. The van der Waals surface area contributed by atoms with Crippen LogP contribution in [0.1, 0.15) is 12.0 Å². The van der Waals surface area contributed by atoms with Gasteiger partial charge in [-0.3, -0.25) is 4.98 Å². The van der Waals surface area contributed by atoms with E-state index in [0.717, 1.165) is 40.8 Å². The third-order valence-corrected chi connectivity index (χ3v) is 5.22. The predicted octanol–water partition coefficient (Wildman–Crippen LogP) is 3.69. The highest BCUT2D eigenvalue weighted by Gasteiger charge is 2.16. The number of aromatic nitrogens is 4. The molecular weight excluding hydrogens is 376 g/mol. The van der Waals surface area contributed by atoms with E-state index >= 15 is 0 Å². The van der Waals surface area contributed by atoms with Gasteiger partial charge in [0.2, 0.25) is 0 Å². The highest BCUT2D eigenvalue weighted by Crippen LogP contribution is 2.33. The van der Waals surface area contributed by atoms with E-state index in [9.17, 15) is 0 Å². The van der Waals surface area contributed by atoms with Crippen molar-refractivity contribution in [3.05, 3.63) is 48.3 Å². The minimum atomic E-state index is 0.663. The van der Waals surface area contributed by atoms with Crippen LogP contribution < -0.4 is 9.47 Å². The topological polar surface area (TPSA) is 71.3 Å². The number of methoxy groups -OCH3 is 3. The van der Waals surface area contributed by atoms with Crippen molar-refractivity contribution in [3.8, 4) is 22.9 Å². The summed E-state index contributed by atoms with van der Waals surface area (Å²) in [6.07, 6.45) is 4.51. The quantitative estimate of drug-likeness (QED) is 0.380. The number of hydrogen-bond donors (Lipinski definition) is 0. The number of hydrogen-bond acceptors (Lipinski definition) is 7. The SMILES string of the molecule is COCCCn1c(SCc2cccnc2)nnc1-c1ccc(OC)c(OC)c1. The summed E-state index contributed by atoms with van der Waals surface area (Å²) >= 11 is 1.64. The van der Waals surface area contributed by atoms with Gasteiger partial charge in [-0.15, -0.1) is 10.2 Å². The van der Waals surface area contributed by atoms with Gasteiger partial charge in [0.05, 0.1) is 14.2 Å². The Bertz CT molecular complexity index is 886. The molecule has 28 heavy (non-hydrogen) atoms. The van der Waals surface area contributed by atoms with E-state index in [0.29, 0.717) is 18.1 Å². The molecule has 0 amide bonds. The summed E-state index contributed by atoms with van der Waals surface area (Å²) in [5.41, 5.74) is 2.07. The maximum absolute atomic E-state index is 5.43. The maximum Gasteiger partial charge on any atom is 0.191 e. The molecule has 7 nitrogen and oxygen atoms in total. The van der Waals surface area contributed by atoms with Crippen LogP contribution in [0.25, 0.3) is 11.4 Å². The summed E-state index contributed by atoms with van der Waals surface area (Å²) in [5, 5.41) is 9.74. The molecule has 2 aromatic heterocycles. The molecule has 148 valence electrons. The average Bonchev–Trinajstić information content (AvgIpc) is 3.15. The van der Waals surface area contributed by atoms with Crippen LogP contribution in [0, 0.1) is 0 Å². The molecule has 0 aliphatic carbocycles. The predicted molar refractivity (Wildman–Crippen MR) is 109 cm³/mol. The Hall–Kier alpha value is -2.58. The lowest BCUT2D eigenvalue weighted by atomic mass is 10.2. The minimum absolute atomic E-state index is 0.663. The first-order chi connectivity index (χ1) is 13.8. The molecule has 0 saturated carbocycles. The fraction of sp³-hybridized carbons (Fsp3) is 0.350. The molecular formula is C20H24N4O3S. The Balaban J connectivity index is 1.88. The van der Waals surface area contributed by atoms with Crippen LogP contribution in [0.3, 0.4) is 0 Å². The smallest absolute Gasteiger partial charge is 0.191 e. The van der Waals surface area contributed by atoms with Crippen LogP contribution >= 0.6 is 11.8 Å². The second-order valence-corrected chi connectivity index (χ2v) is 6.97. The van der Waals surface area contributed by atoms with Crippen molar-refractivity contribution >= 4 is 11.8 Å². The van der Waals surface area contributed by atoms with Gasteiger partial charge in [-0.2, -0.15) is 0 Å². The largest absolute Gasteiger partial charge is 0.493 e. The van der Waals surface area contributed by atoms with Gasteiger partial charge in [-0.05, 0) is 36.2 Å². The lowest BCUT2D eigenvalue weighted by Crippen LogP contribution is -2.05. The lowest BCUT2D eigenvalue weighted by molar-refractivity contribution is 0.189. The Morgan fingerprint density at radius 3 is 2.61 bits per heavy atom. The third kappa shape index (κ3) is 4.82. The molecule has 0 fully saturated rings. The summed E-state index contributed by atoms with van der Waals surface area (Å²) in [7, 11) is 4.96. The lowest BCUT2D eigenvalue weighted by Gasteiger charge is -2.12. The van der Waals surface area contributed by atoms with Gasteiger partial charge in [0.25, 0.3) is 0 Å². The summed E-state index contributed by atoms with van der Waals surface area (Å²) in [5.74, 6) is 2.92. The molecule has 3 rings (SSSR count). The molecule has 0 spiro atoms. The average molecular weight is 401 g/mol. The van der Waals surface area contributed by atoms with Crippen molar-refractivity contribution in [2.24, 2.45) is 0 Å². The number of ether oxygens (including phenoxy) is 3. The monoisotopic (exact) mass is 400 g/mol. The van der Waals surface area contributed by atoms with Crippen LogP contribution in [-0.2, 0) is 17.0 Å². The van der Waals surface area contributed by atoms with Crippen molar-refractivity contribution in [2.75, 3.05) is 27.9 Å². The van der Waals surface area contributed by atoms with Gasteiger partial charge in [-0.25, -0.2) is 0 Å². The molecule has 0 saturated heterocycles. The van der Waals surface area contributed by atoms with Gasteiger partial charge in [0.1, 0.15) is 0 Å². The zero-order valence-corrected chi connectivity index (χ0v) is 17.1. The van der Waals surface area contributed by atoms with Gasteiger partial charge < -0.3 is 18.8 Å². The first kappa shape index (κ1) is 20.2. The Morgan fingerprint density at radius 1 is 1.04 bits per heavy atom. The van der Waals surface area contributed by atoms with Gasteiger partial charge in [0, 0.05) is 44.0 Å².